The topological polar surface area (TPSA) is 63.2 Å². The zero-order valence-electron chi connectivity index (χ0n) is 7.75. The Morgan fingerprint density at radius 2 is 2.23 bits per heavy atom. The van der Waals surface area contributed by atoms with Gasteiger partial charge in [-0.25, -0.2) is 8.42 Å². The van der Waals surface area contributed by atoms with E-state index in [1.54, 1.807) is 6.92 Å². The molecule has 1 rings (SSSR count). The van der Waals surface area contributed by atoms with Gasteiger partial charge in [-0.15, -0.1) is 0 Å². The molecule has 13 heavy (non-hydrogen) atoms. The fourth-order valence-corrected chi connectivity index (χ4v) is 2.86. The van der Waals surface area contributed by atoms with Crippen LogP contribution in [0.2, 0.25) is 0 Å². The van der Waals surface area contributed by atoms with Crippen LogP contribution >= 0.6 is 0 Å². The fraction of sp³-hybridized carbons (Fsp3) is 0.875. The number of hydrogen-bond donors (Lipinski definition) is 1. The van der Waals surface area contributed by atoms with Crippen molar-refractivity contribution in [3.63, 3.8) is 0 Å². The van der Waals surface area contributed by atoms with Crippen molar-refractivity contribution in [3.8, 4) is 0 Å². The third kappa shape index (κ3) is 3.44. The molecule has 0 aliphatic carbocycles. The number of sulfone groups is 1. The third-order valence-electron chi connectivity index (χ3n) is 2.17. The van der Waals surface area contributed by atoms with Gasteiger partial charge in [-0.1, -0.05) is 6.92 Å². The fourth-order valence-electron chi connectivity index (χ4n) is 1.42. The molecule has 0 aromatic rings. The van der Waals surface area contributed by atoms with Crippen LogP contribution in [0.15, 0.2) is 0 Å². The minimum Gasteiger partial charge on any atom is -0.312 e. The van der Waals surface area contributed by atoms with Crippen LogP contribution in [0.1, 0.15) is 19.8 Å². The maximum Gasteiger partial charge on any atom is 0.153 e. The first-order chi connectivity index (χ1) is 6.03. The monoisotopic (exact) mass is 205 g/mol. The van der Waals surface area contributed by atoms with E-state index in [9.17, 15) is 13.2 Å². The number of carbonyl (C=O) groups excluding carboxylic acids is 1. The molecule has 4 nitrogen and oxygen atoms in total. The van der Waals surface area contributed by atoms with Crippen LogP contribution in [0, 0.1) is 0 Å². The molecule has 0 saturated carbocycles. The first kappa shape index (κ1) is 10.7. The van der Waals surface area contributed by atoms with E-state index in [1.807, 2.05) is 0 Å². The van der Waals surface area contributed by atoms with E-state index in [0.29, 0.717) is 19.4 Å². The minimum absolute atomic E-state index is 0.110. The average molecular weight is 205 g/mol. The molecule has 1 unspecified atom stereocenters. The zero-order chi connectivity index (χ0) is 9.90. The predicted molar refractivity (Wildman–Crippen MR) is 50.4 cm³/mol. The Morgan fingerprint density at radius 3 is 2.77 bits per heavy atom. The highest BCUT2D eigenvalue weighted by atomic mass is 32.2. The Kier molecular flexibility index (Phi) is 3.44. The van der Waals surface area contributed by atoms with Crippen LogP contribution in [0.3, 0.4) is 0 Å². The summed E-state index contributed by atoms with van der Waals surface area (Å²) in [5, 5.41) is 3.04. The molecule has 1 aliphatic heterocycles. The van der Waals surface area contributed by atoms with Crippen molar-refractivity contribution in [2.45, 2.75) is 25.8 Å². The molecule has 76 valence electrons. The van der Waals surface area contributed by atoms with Gasteiger partial charge in [0.2, 0.25) is 0 Å². The lowest BCUT2D eigenvalue weighted by Gasteiger charge is -2.22. The van der Waals surface area contributed by atoms with Crippen LogP contribution in [0.25, 0.3) is 0 Å². The highest BCUT2D eigenvalue weighted by Gasteiger charge is 2.25. The number of carbonyl (C=O) groups is 1. The second-order valence-corrected chi connectivity index (χ2v) is 5.59. The summed E-state index contributed by atoms with van der Waals surface area (Å²) in [5.74, 6) is 0.428. The third-order valence-corrected chi connectivity index (χ3v) is 3.91. The number of nitrogens with one attached hydrogen (secondary N) is 1. The highest BCUT2D eigenvalue weighted by molar-refractivity contribution is 7.91. The molecule has 1 atom stereocenters. The second kappa shape index (κ2) is 4.19. The van der Waals surface area contributed by atoms with Crippen LogP contribution in [-0.4, -0.2) is 38.3 Å². The van der Waals surface area contributed by atoms with Crippen molar-refractivity contribution >= 4 is 15.6 Å². The first-order valence-electron chi connectivity index (χ1n) is 4.49. The molecule has 0 spiro atoms. The van der Waals surface area contributed by atoms with Crippen molar-refractivity contribution in [1.29, 1.82) is 0 Å². The van der Waals surface area contributed by atoms with Crippen LogP contribution in [-0.2, 0) is 14.6 Å². The molecule has 0 amide bonds. The molecule has 0 radical (unpaired) electrons. The molecule has 1 N–H and O–H groups in total. The smallest absolute Gasteiger partial charge is 0.153 e. The van der Waals surface area contributed by atoms with Crippen LogP contribution < -0.4 is 5.32 Å². The van der Waals surface area contributed by atoms with E-state index in [1.165, 1.54) is 0 Å². The first-order valence-corrected chi connectivity index (χ1v) is 6.31. The van der Waals surface area contributed by atoms with Crippen molar-refractivity contribution < 1.29 is 13.2 Å². The molecule has 1 aliphatic rings. The highest BCUT2D eigenvalue weighted by Crippen LogP contribution is 2.06. The predicted octanol–water partition coefficient (Wildman–Crippen LogP) is -0.258. The van der Waals surface area contributed by atoms with E-state index in [-0.39, 0.29) is 23.3 Å². The van der Waals surface area contributed by atoms with Crippen LogP contribution in [0.5, 0.6) is 0 Å². The van der Waals surface area contributed by atoms with Crippen molar-refractivity contribution in [1.82, 2.24) is 5.32 Å². The van der Waals surface area contributed by atoms with Gasteiger partial charge in [0.25, 0.3) is 0 Å². The summed E-state index contributed by atoms with van der Waals surface area (Å²) in [7, 11) is -2.90. The molecule has 0 bridgehead atoms. The Bertz CT molecular complexity index is 284. The average Bonchev–Trinajstić information content (AvgIpc) is 2.02. The van der Waals surface area contributed by atoms with E-state index >= 15 is 0 Å². The van der Waals surface area contributed by atoms with Gasteiger partial charge in [-0.3, -0.25) is 4.79 Å². The number of rotatable bonds is 3. The SMILES string of the molecule is CCC(=O)CC1CS(=O)(=O)CCN1. The largest absolute Gasteiger partial charge is 0.312 e. The summed E-state index contributed by atoms with van der Waals surface area (Å²) < 4.78 is 22.4. The molecule has 1 saturated heterocycles. The number of Topliss-reactive ketones (excluding diaryl/α,β-unsaturated/α-hetero) is 1. The molecular weight excluding hydrogens is 190 g/mol. The number of ketones is 1. The Balaban J connectivity index is 2.48. The second-order valence-electron chi connectivity index (χ2n) is 3.36. The summed E-state index contributed by atoms with van der Waals surface area (Å²) in [6, 6.07) is -0.161. The lowest BCUT2D eigenvalue weighted by Crippen LogP contribution is -2.45. The van der Waals surface area contributed by atoms with E-state index in [4.69, 9.17) is 0 Å². The van der Waals surface area contributed by atoms with E-state index < -0.39 is 9.84 Å². The molecular formula is C8H15NO3S. The van der Waals surface area contributed by atoms with Gasteiger partial charge in [0, 0.05) is 25.4 Å². The standard InChI is InChI=1S/C8H15NO3S/c1-2-8(10)5-7-6-13(11,12)4-3-9-7/h7,9H,2-6H2,1H3. The van der Waals surface area contributed by atoms with Gasteiger partial charge in [0.15, 0.2) is 9.84 Å². The lowest BCUT2D eigenvalue weighted by atomic mass is 10.1. The van der Waals surface area contributed by atoms with Crippen molar-refractivity contribution in [2.75, 3.05) is 18.1 Å². The summed E-state index contributed by atoms with van der Waals surface area (Å²) in [4.78, 5) is 11.1. The van der Waals surface area contributed by atoms with Crippen LogP contribution in [0.4, 0.5) is 0 Å². The maximum atomic E-state index is 11.2. The summed E-state index contributed by atoms with van der Waals surface area (Å²) >= 11 is 0. The van der Waals surface area contributed by atoms with E-state index in [2.05, 4.69) is 5.32 Å². The summed E-state index contributed by atoms with van der Waals surface area (Å²) in [5.41, 5.74) is 0. The number of hydrogen-bond acceptors (Lipinski definition) is 4. The summed E-state index contributed by atoms with van der Waals surface area (Å²) in [6.07, 6.45) is 0.827. The lowest BCUT2D eigenvalue weighted by molar-refractivity contribution is -0.119. The zero-order valence-corrected chi connectivity index (χ0v) is 8.56. The van der Waals surface area contributed by atoms with Gasteiger partial charge in [-0.2, -0.15) is 0 Å². The minimum atomic E-state index is -2.90. The molecule has 0 aromatic heterocycles. The van der Waals surface area contributed by atoms with Crippen molar-refractivity contribution in [2.24, 2.45) is 0 Å². The van der Waals surface area contributed by atoms with Gasteiger partial charge in [-0.05, 0) is 0 Å². The molecule has 1 heterocycles. The molecule has 1 fully saturated rings. The quantitative estimate of drug-likeness (QED) is 0.689. The van der Waals surface area contributed by atoms with Gasteiger partial charge < -0.3 is 5.32 Å². The molecule has 5 heteroatoms. The Hall–Kier alpha value is -0.420. The summed E-state index contributed by atoms with van der Waals surface area (Å²) in [6.45, 7) is 2.27. The maximum absolute atomic E-state index is 11.2. The Labute approximate surface area is 78.6 Å². The van der Waals surface area contributed by atoms with Gasteiger partial charge >= 0.3 is 0 Å². The molecule has 0 aromatic carbocycles. The van der Waals surface area contributed by atoms with Gasteiger partial charge in [0.1, 0.15) is 5.78 Å². The Morgan fingerprint density at radius 1 is 1.54 bits per heavy atom. The van der Waals surface area contributed by atoms with Crippen molar-refractivity contribution in [3.05, 3.63) is 0 Å². The van der Waals surface area contributed by atoms with Gasteiger partial charge in [0.05, 0.1) is 11.5 Å². The normalized spacial score (nSPS) is 27.0. The van der Waals surface area contributed by atoms with E-state index in [0.717, 1.165) is 0 Å².